The van der Waals surface area contributed by atoms with E-state index in [2.05, 4.69) is 11.9 Å². The Bertz CT molecular complexity index is 414. The fraction of sp³-hybridized carbons (Fsp3) is 0.846. The maximum atomic E-state index is 12.2. The third kappa shape index (κ3) is 2.08. The van der Waals surface area contributed by atoms with Crippen LogP contribution in [0.15, 0.2) is 0 Å². The summed E-state index contributed by atoms with van der Waals surface area (Å²) in [6.07, 6.45) is 1.74. The molecule has 2 saturated heterocycles. The highest BCUT2D eigenvalue weighted by Gasteiger charge is 2.53. The molecule has 0 radical (unpaired) electrons. The summed E-state index contributed by atoms with van der Waals surface area (Å²) in [5, 5.41) is 8.99. The lowest BCUT2D eigenvalue weighted by Gasteiger charge is -2.23. The molecule has 6 heteroatoms. The molecule has 0 aromatic rings. The smallest absolute Gasteiger partial charge is 0.320 e. The highest BCUT2D eigenvalue weighted by atomic mass is 16.4. The summed E-state index contributed by atoms with van der Waals surface area (Å²) in [4.78, 5) is 29.1. The summed E-state index contributed by atoms with van der Waals surface area (Å²) in [5.74, 6) is -0.599. The van der Waals surface area contributed by atoms with Gasteiger partial charge in [-0.05, 0) is 32.4 Å². The molecular formula is C13H21N3O3. The van der Waals surface area contributed by atoms with Crippen molar-refractivity contribution in [1.82, 2.24) is 14.7 Å². The van der Waals surface area contributed by atoms with E-state index in [1.165, 1.54) is 0 Å². The van der Waals surface area contributed by atoms with Gasteiger partial charge in [-0.2, -0.15) is 0 Å². The van der Waals surface area contributed by atoms with Crippen LogP contribution in [0.25, 0.3) is 0 Å². The minimum absolute atomic E-state index is 0.00769. The van der Waals surface area contributed by atoms with Crippen LogP contribution in [0, 0.1) is 11.8 Å². The third-order valence-corrected chi connectivity index (χ3v) is 4.87. The molecule has 0 aromatic heterocycles. The number of carboxylic acids is 1. The zero-order chi connectivity index (χ0) is 13.7. The van der Waals surface area contributed by atoms with Crippen molar-refractivity contribution in [3.63, 3.8) is 0 Å². The number of urea groups is 1. The molecule has 2 aliphatic heterocycles. The summed E-state index contributed by atoms with van der Waals surface area (Å²) in [6, 6.07) is 0.178. The number of carbonyl (C=O) groups is 2. The number of amides is 2. The highest BCUT2D eigenvalue weighted by molar-refractivity contribution is 5.81. The van der Waals surface area contributed by atoms with Crippen LogP contribution in [0.1, 0.15) is 12.8 Å². The van der Waals surface area contributed by atoms with Crippen molar-refractivity contribution >= 4 is 12.0 Å². The van der Waals surface area contributed by atoms with Crippen LogP contribution in [-0.2, 0) is 4.79 Å². The standard InChI is InChI=1S/C13H21N3O3/c1-14-4-3-8(6-14)11-7-16(13(19)15(11)2)10-5-9(10)12(17)18/h8-11H,3-7H2,1-2H3,(H,17,18). The number of likely N-dealkylation sites (tertiary alicyclic amines) is 1. The maximum Gasteiger partial charge on any atom is 0.320 e. The average Bonchev–Trinajstić information content (AvgIpc) is 2.96. The molecular weight excluding hydrogens is 246 g/mol. The molecule has 0 spiro atoms. The van der Waals surface area contributed by atoms with Crippen LogP contribution >= 0.6 is 0 Å². The van der Waals surface area contributed by atoms with Crippen molar-refractivity contribution in [2.75, 3.05) is 33.7 Å². The third-order valence-electron chi connectivity index (χ3n) is 4.87. The minimum Gasteiger partial charge on any atom is -0.481 e. The van der Waals surface area contributed by atoms with Crippen LogP contribution in [0.4, 0.5) is 4.79 Å². The summed E-state index contributed by atoms with van der Waals surface area (Å²) in [6.45, 7) is 2.82. The topological polar surface area (TPSA) is 64.1 Å². The van der Waals surface area contributed by atoms with Crippen LogP contribution < -0.4 is 0 Å². The van der Waals surface area contributed by atoms with E-state index in [1.807, 2.05) is 11.9 Å². The minimum atomic E-state index is -0.774. The second kappa shape index (κ2) is 4.37. The van der Waals surface area contributed by atoms with Gasteiger partial charge in [0.15, 0.2) is 0 Å². The van der Waals surface area contributed by atoms with Gasteiger partial charge in [-0.3, -0.25) is 4.79 Å². The van der Waals surface area contributed by atoms with E-state index >= 15 is 0 Å². The zero-order valence-electron chi connectivity index (χ0n) is 11.5. The van der Waals surface area contributed by atoms with Gasteiger partial charge in [0.25, 0.3) is 0 Å². The Hall–Kier alpha value is -1.30. The van der Waals surface area contributed by atoms with Crippen LogP contribution in [-0.4, -0.2) is 77.6 Å². The number of likely N-dealkylation sites (N-methyl/N-ethyl adjacent to an activating group) is 1. The first-order valence-electron chi connectivity index (χ1n) is 6.94. The number of hydrogen-bond acceptors (Lipinski definition) is 3. The van der Waals surface area contributed by atoms with Gasteiger partial charge in [0.2, 0.25) is 0 Å². The molecule has 4 atom stereocenters. The SMILES string of the molecule is CN1CCC(C2CN(C3CC3C(=O)O)C(=O)N2C)C1. The quantitative estimate of drug-likeness (QED) is 0.790. The molecule has 4 unspecified atom stereocenters. The van der Waals surface area contributed by atoms with Crippen molar-refractivity contribution in [2.24, 2.45) is 11.8 Å². The normalized spacial score (nSPS) is 39.2. The van der Waals surface area contributed by atoms with E-state index in [4.69, 9.17) is 5.11 Å². The molecule has 19 heavy (non-hydrogen) atoms. The predicted octanol–water partition coefficient (Wildman–Crippen LogP) is 0.147. The molecule has 0 bridgehead atoms. The van der Waals surface area contributed by atoms with E-state index in [-0.39, 0.29) is 24.0 Å². The predicted molar refractivity (Wildman–Crippen MR) is 68.8 cm³/mol. The number of carbonyl (C=O) groups excluding carboxylic acids is 1. The fourth-order valence-electron chi connectivity index (χ4n) is 3.56. The van der Waals surface area contributed by atoms with Gasteiger partial charge in [0, 0.05) is 26.2 Å². The lowest BCUT2D eigenvalue weighted by Crippen LogP contribution is -2.37. The van der Waals surface area contributed by atoms with E-state index in [9.17, 15) is 9.59 Å². The Morgan fingerprint density at radius 3 is 2.53 bits per heavy atom. The fourth-order valence-corrected chi connectivity index (χ4v) is 3.56. The zero-order valence-corrected chi connectivity index (χ0v) is 11.5. The number of hydrogen-bond donors (Lipinski definition) is 1. The Kier molecular flexibility index (Phi) is 2.92. The van der Waals surface area contributed by atoms with E-state index in [0.29, 0.717) is 18.9 Å². The molecule has 3 rings (SSSR count). The summed E-state index contributed by atoms with van der Waals surface area (Å²) in [5.41, 5.74) is 0. The summed E-state index contributed by atoms with van der Waals surface area (Å²) < 4.78 is 0. The molecule has 1 aliphatic carbocycles. The Labute approximate surface area is 112 Å². The van der Waals surface area contributed by atoms with Crippen molar-refractivity contribution in [3.05, 3.63) is 0 Å². The summed E-state index contributed by atoms with van der Waals surface area (Å²) >= 11 is 0. The van der Waals surface area contributed by atoms with Gasteiger partial charge in [-0.25, -0.2) is 4.79 Å². The monoisotopic (exact) mass is 267 g/mol. The van der Waals surface area contributed by atoms with Gasteiger partial charge in [0.05, 0.1) is 12.0 Å². The molecule has 1 saturated carbocycles. The molecule has 2 amide bonds. The molecule has 2 heterocycles. The van der Waals surface area contributed by atoms with Gasteiger partial charge in [-0.1, -0.05) is 0 Å². The molecule has 6 nitrogen and oxygen atoms in total. The molecule has 3 aliphatic rings. The van der Waals surface area contributed by atoms with E-state index < -0.39 is 5.97 Å². The number of rotatable bonds is 3. The van der Waals surface area contributed by atoms with Gasteiger partial charge >= 0.3 is 12.0 Å². The van der Waals surface area contributed by atoms with E-state index in [0.717, 1.165) is 19.5 Å². The molecule has 106 valence electrons. The molecule has 1 N–H and O–H groups in total. The molecule has 3 fully saturated rings. The van der Waals surface area contributed by atoms with Crippen LogP contribution in [0.2, 0.25) is 0 Å². The van der Waals surface area contributed by atoms with E-state index in [1.54, 1.807) is 4.90 Å². The Morgan fingerprint density at radius 1 is 1.26 bits per heavy atom. The van der Waals surface area contributed by atoms with Gasteiger partial charge in [0.1, 0.15) is 0 Å². The number of carboxylic acid groups (broad SMARTS) is 1. The van der Waals surface area contributed by atoms with Crippen LogP contribution in [0.5, 0.6) is 0 Å². The first-order valence-corrected chi connectivity index (χ1v) is 6.94. The number of nitrogens with zero attached hydrogens (tertiary/aromatic N) is 3. The Balaban J connectivity index is 1.67. The van der Waals surface area contributed by atoms with Crippen molar-refractivity contribution in [1.29, 1.82) is 0 Å². The van der Waals surface area contributed by atoms with Crippen molar-refractivity contribution in [3.8, 4) is 0 Å². The second-order valence-electron chi connectivity index (χ2n) is 6.17. The van der Waals surface area contributed by atoms with Gasteiger partial charge in [-0.15, -0.1) is 0 Å². The van der Waals surface area contributed by atoms with Gasteiger partial charge < -0.3 is 19.8 Å². The maximum absolute atomic E-state index is 12.2. The van der Waals surface area contributed by atoms with Crippen molar-refractivity contribution in [2.45, 2.75) is 24.9 Å². The summed E-state index contributed by atoms with van der Waals surface area (Å²) in [7, 11) is 3.96. The van der Waals surface area contributed by atoms with Crippen molar-refractivity contribution < 1.29 is 14.7 Å². The lowest BCUT2D eigenvalue weighted by atomic mass is 9.99. The lowest BCUT2D eigenvalue weighted by molar-refractivity contribution is -0.138. The number of aliphatic carboxylic acids is 1. The largest absolute Gasteiger partial charge is 0.481 e. The second-order valence-corrected chi connectivity index (χ2v) is 6.17. The average molecular weight is 267 g/mol. The first-order chi connectivity index (χ1) is 8.99. The first kappa shape index (κ1) is 12.7. The highest BCUT2D eigenvalue weighted by Crippen LogP contribution is 2.40. The van der Waals surface area contributed by atoms with Crippen LogP contribution in [0.3, 0.4) is 0 Å². The molecule has 0 aromatic carbocycles. The Morgan fingerprint density at radius 2 is 2.00 bits per heavy atom.